The molecule has 0 saturated carbocycles. The van der Waals surface area contributed by atoms with Gasteiger partial charge in [0.1, 0.15) is 17.5 Å². The Morgan fingerprint density at radius 3 is 3.17 bits per heavy atom. The van der Waals surface area contributed by atoms with Crippen molar-refractivity contribution < 1.29 is 4.52 Å². The number of nitrogens with one attached hydrogen (secondary N) is 1. The Bertz CT molecular complexity index is 552. The van der Waals surface area contributed by atoms with Crippen LogP contribution in [0.2, 0.25) is 0 Å². The summed E-state index contributed by atoms with van der Waals surface area (Å²) < 4.78 is 5.19. The lowest BCUT2D eigenvalue weighted by molar-refractivity contribution is 0.441. The fourth-order valence-electron chi connectivity index (χ4n) is 2.55. The molecule has 96 valence electrons. The third kappa shape index (κ3) is 1.82. The SMILES string of the molecule is CNC1CCCN(c2ncnc3onc(C)c23)C1. The number of hydrogen-bond donors (Lipinski definition) is 1. The summed E-state index contributed by atoms with van der Waals surface area (Å²) in [4.78, 5) is 10.8. The van der Waals surface area contributed by atoms with Crippen LogP contribution in [-0.4, -0.2) is 41.3 Å². The van der Waals surface area contributed by atoms with Crippen molar-refractivity contribution in [3.63, 3.8) is 0 Å². The summed E-state index contributed by atoms with van der Waals surface area (Å²) in [6.07, 6.45) is 3.93. The van der Waals surface area contributed by atoms with Gasteiger partial charge in [-0.1, -0.05) is 5.16 Å². The summed E-state index contributed by atoms with van der Waals surface area (Å²) in [7, 11) is 2.01. The minimum Gasteiger partial charge on any atom is -0.354 e. The molecule has 1 N–H and O–H groups in total. The molecule has 0 aromatic carbocycles. The van der Waals surface area contributed by atoms with E-state index in [-0.39, 0.29) is 0 Å². The molecular formula is C12H17N5O. The molecule has 18 heavy (non-hydrogen) atoms. The number of hydrogen-bond acceptors (Lipinski definition) is 6. The highest BCUT2D eigenvalue weighted by Gasteiger charge is 2.23. The molecule has 2 aromatic rings. The zero-order valence-electron chi connectivity index (χ0n) is 10.7. The van der Waals surface area contributed by atoms with E-state index in [0.717, 1.165) is 30.0 Å². The number of piperidine rings is 1. The minimum atomic E-state index is 0.518. The van der Waals surface area contributed by atoms with Crippen molar-refractivity contribution in [2.45, 2.75) is 25.8 Å². The largest absolute Gasteiger partial charge is 0.354 e. The fraction of sp³-hybridized carbons (Fsp3) is 0.583. The van der Waals surface area contributed by atoms with Crippen molar-refractivity contribution in [2.24, 2.45) is 0 Å². The quantitative estimate of drug-likeness (QED) is 0.857. The van der Waals surface area contributed by atoms with Gasteiger partial charge in [-0.3, -0.25) is 0 Å². The van der Waals surface area contributed by atoms with Crippen LogP contribution < -0.4 is 10.2 Å². The molecule has 1 fully saturated rings. The maximum Gasteiger partial charge on any atom is 0.263 e. The van der Waals surface area contributed by atoms with Crippen LogP contribution in [0.15, 0.2) is 10.9 Å². The molecule has 2 aromatic heterocycles. The van der Waals surface area contributed by atoms with Crippen LogP contribution in [0.3, 0.4) is 0 Å². The predicted octanol–water partition coefficient (Wildman–Crippen LogP) is 1.11. The van der Waals surface area contributed by atoms with E-state index in [1.807, 2.05) is 14.0 Å². The molecule has 1 saturated heterocycles. The minimum absolute atomic E-state index is 0.518. The molecule has 1 aliphatic rings. The van der Waals surface area contributed by atoms with Crippen LogP contribution in [0.1, 0.15) is 18.5 Å². The Hall–Kier alpha value is -1.69. The number of rotatable bonds is 2. The number of aryl methyl sites for hydroxylation is 1. The van der Waals surface area contributed by atoms with Gasteiger partial charge in [0.15, 0.2) is 0 Å². The first-order chi connectivity index (χ1) is 8.79. The lowest BCUT2D eigenvalue weighted by Crippen LogP contribution is -2.44. The second-order valence-corrected chi connectivity index (χ2v) is 4.72. The molecule has 6 heteroatoms. The highest BCUT2D eigenvalue weighted by atomic mass is 16.5. The van der Waals surface area contributed by atoms with Crippen LogP contribution in [0.5, 0.6) is 0 Å². The maximum atomic E-state index is 5.19. The molecule has 1 unspecified atom stereocenters. The maximum absolute atomic E-state index is 5.19. The highest BCUT2D eigenvalue weighted by molar-refractivity contribution is 5.87. The van der Waals surface area contributed by atoms with E-state index in [4.69, 9.17) is 4.52 Å². The van der Waals surface area contributed by atoms with E-state index < -0.39 is 0 Å². The fourth-order valence-corrected chi connectivity index (χ4v) is 2.55. The van der Waals surface area contributed by atoms with E-state index >= 15 is 0 Å². The number of anilines is 1. The molecule has 3 rings (SSSR count). The summed E-state index contributed by atoms with van der Waals surface area (Å²) in [5.41, 5.74) is 1.43. The summed E-state index contributed by atoms with van der Waals surface area (Å²) in [5, 5.41) is 8.25. The molecule has 1 atom stereocenters. The standard InChI is InChI=1S/C12H17N5O/c1-8-10-11(14-7-15-12(10)18-16-8)17-5-3-4-9(6-17)13-2/h7,9,13H,3-6H2,1-2H3. The molecular weight excluding hydrogens is 230 g/mol. The zero-order valence-corrected chi connectivity index (χ0v) is 10.7. The molecule has 1 aliphatic heterocycles. The van der Waals surface area contributed by atoms with E-state index in [9.17, 15) is 0 Å². The molecule has 0 amide bonds. The van der Waals surface area contributed by atoms with Crippen LogP contribution in [0.25, 0.3) is 11.1 Å². The third-order valence-corrected chi connectivity index (χ3v) is 3.55. The van der Waals surface area contributed by atoms with Gasteiger partial charge >= 0.3 is 0 Å². The van der Waals surface area contributed by atoms with Gasteiger partial charge in [-0.05, 0) is 26.8 Å². The average molecular weight is 247 g/mol. The predicted molar refractivity (Wildman–Crippen MR) is 68.6 cm³/mol. The van der Waals surface area contributed by atoms with Crippen molar-refractivity contribution in [1.29, 1.82) is 0 Å². The second-order valence-electron chi connectivity index (χ2n) is 4.72. The third-order valence-electron chi connectivity index (χ3n) is 3.55. The second kappa shape index (κ2) is 4.53. The smallest absolute Gasteiger partial charge is 0.263 e. The Kier molecular flexibility index (Phi) is 2.87. The van der Waals surface area contributed by atoms with Crippen molar-refractivity contribution in [2.75, 3.05) is 25.0 Å². The van der Waals surface area contributed by atoms with Crippen molar-refractivity contribution in [3.05, 3.63) is 12.0 Å². The van der Waals surface area contributed by atoms with Gasteiger partial charge in [0.05, 0.1) is 5.69 Å². The van der Waals surface area contributed by atoms with Gasteiger partial charge in [-0.2, -0.15) is 4.98 Å². The number of aromatic nitrogens is 3. The summed E-state index contributed by atoms with van der Waals surface area (Å²) in [5.74, 6) is 0.943. The average Bonchev–Trinajstić information content (AvgIpc) is 2.81. The molecule has 0 aliphatic carbocycles. The van der Waals surface area contributed by atoms with Crippen molar-refractivity contribution in [1.82, 2.24) is 20.4 Å². The summed E-state index contributed by atoms with van der Waals surface area (Å²) >= 11 is 0. The molecule has 0 spiro atoms. The van der Waals surface area contributed by atoms with Gasteiger partial charge in [0.25, 0.3) is 5.71 Å². The molecule has 0 radical (unpaired) electrons. The normalized spacial score (nSPS) is 20.6. The van der Waals surface area contributed by atoms with Gasteiger partial charge < -0.3 is 14.7 Å². The van der Waals surface area contributed by atoms with E-state index in [1.54, 1.807) is 6.33 Å². The van der Waals surface area contributed by atoms with Gasteiger partial charge in [-0.25, -0.2) is 4.98 Å². The van der Waals surface area contributed by atoms with Crippen molar-refractivity contribution >= 4 is 16.9 Å². The van der Waals surface area contributed by atoms with Gasteiger partial charge in [-0.15, -0.1) is 0 Å². The Morgan fingerprint density at radius 2 is 2.33 bits per heavy atom. The molecule has 6 nitrogen and oxygen atoms in total. The highest BCUT2D eigenvalue weighted by Crippen LogP contribution is 2.27. The Labute approximate surface area is 105 Å². The van der Waals surface area contributed by atoms with E-state index in [1.165, 1.54) is 12.8 Å². The van der Waals surface area contributed by atoms with Crippen LogP contribution in [0, 0.1) is 6.92 Å². The number of fused-ring (bicyclic) bond motifs is 1. The number of likely N-dealkylation sites (N-methyl/N-ethyl adjacent to an activating group) is 1. The summed E-state index contributed by atoms with van der Waals surface area (Å²) in [6.45, 7) is 3.92. The lowest BCUT2D eigenvalue weighted by atomic mass is 10.1. The van der Waals surface area contributed by atoms with E-state index in [2.05, 4.69) is 25.3 Å². The molecule has 3 heterocycles. The Morgan fingerprint density at radius 1 is 1.44 bits per heavy atom. The van der Waals surface area contributed by atoms with Gasteiger partial charge in [0.2, 0.25) is 0 Å². The Balaban J connectivity index is 2.00. The topological polar surface area (TPSA) is 67.1 Å². The first-order valence-electron chi connectivity index (χ1n) is 6.29. The van der Waals surface area contributed by atoms with Crippen LogP contribution in [0.4, 0.5) is 5.82 Å². The van der Waals surface area contributed by atoms with Crippen LogP contribution in [-0.2, 0) is 0 Å². The van der Waals surface area contributed by atoms with Crippen LogP contribution >= 0.6 is 0 Å². The lowest BCUT2D eigenvalue weighted by Gasteiger charge is -2.33. The zero-order chi connectivity index (χ0) is 12.5. The molecule has 0 bridgehead atoms. The van der Waals surface area contributed by atoms with Crippen molar-refractivity contribution in [3.8, 4) is 0 Å². The monoisotopic (exact) mass is 247 g/mol. The first kappa shape index (κ1) is 11.4. The summed E-state index contributed by atoms with van der Waals surface area (Å²) in [6, 6.07) is 0.518. The van der Waals surface area contributed by atoms with E-state index in [0.29, 0.717) is 11.8 Å². The van der Waals surface area contributed by atoms with Gasteiger partial charge in [0, 0.05) is 19.1 Å². The first-order valence-corrected chi connectivity index (χ1v) is 6.29. The number of nitrogens with zero attached hydrogens (tertiary/aromatic N) is 4.